The second-order valence-electron chi connectivity index (χ2n) is 10.7. The van der Waals surface area contributed by atoms with E-state index in [4.69, 9.17) is 9.47 Å². The van der Waals surface area contributed by atoms with Crippen molar-refractivity contribution in [2.45, 2.75) is 62.6 Å². The van der Waals surface area contributed by atoms with Gasteiger partial charge in [-0.15, -0.1) is 0 Å². The largest absolute Gasteiger partial charge is 0.508 e. The van der Waals surface area contributed by atoms with E-state index in [0.717, 1.165) is 6.26 Å². The highest BCUT2D eigenvalue weighted by Crippen LogP contribution is 2.28. The van der Waals surface area contributed by atoms with Crippen LogP contribution >= 0.6 is 0 Å². The maximum atomic E-state index is 13.5. The first-order chi connectivity index (χ1) is 19.2. The van der Waals surface area contributed by atoms with Gasteiger partial charge in [0.2, 0.25) is 15.9 Å². The summed E-state index contributed by atoms with van der Waals surface area (Å²) in [5.41, 5.74) is 1.09. The van der Waals surface area contributed by atoms with Crippen molar-refractivity contribution in [1.29, 1.82) is 0 Å². The number of amides is 2. The number of para-hydroxylation sites is 2. The number of phenols is 1. The Balaban J connectivity index is 1.42. The van der Waals surface area contributed by atoms with Crippen LogP contribution < -0.4 is 20.1 Å². The Morgan fingerprint density at radius 1 is 1.07 bits per heavy atom. The molecule has 4 bridgehead atoms. The van der Waals surface area contributed by atoms with Crippen molar-refractivity contribution in [1.82, 2.24) is 20.3 Å². The summed E-state index contributed by atoms with van der Waals surface area (Å²) in [5, 5.41) is 16.4. The Morgan fingerprint density at radius 2 is 1.85 bits per heavy atom. The number of aromatic hydroxyl groups is 1. The predicted octanol–water partition coefficient (Wildman–Crippen LogP) is 1.13. The first-order valence-corrected chi connectivity index (χ1v) is 15.5. The van der Waals surface area contributed by atoms with Gasteiger partial charge in [-0.2, -0.15) is 0 Å². The standard InChI is InChI=1S/C28H36N4O7S/c1-40(36,37)31-22-11-10-20-12-13-38-25-9-5-3-7-21(25)27(34)30-19-14-23(28(35)29-15-26(22)39-20)32(17-19)16-18-6-2-4-8-24(18)33/h2-9,19-20,22-23,26,31,33H,10-17H2,1H3,(H,29,35)(H,30,34)/t19-,20-,22+,23-,26+/m0/s1. The van der Waals surface area contributed by atoms with Gasteiger partial charge < -0.3 is 25.2 Å². The average Bonchev–Trinajstić information content (AvgIpc) is 3.30. The van der Waals surface area contributed by atoms with Crippen molar-refractivity contribution in [2.75, 3.05) is 26.0 Å². The molecule has 2 amide bonds. The quantitative estimate of drug-likeness (QED) is 0.427. The molecule has 2 saturated heterocycles. The van der Waals surface area contributed by atoms with Gasteiger partial charge in [-0.05, 0) is 37.5 Å². The van der Waals surface area contributed by atoms with Crippen LogP contribution in [0.3, 0.4) is 0 Å². The molecule has 0 spiro atoms. The van der Waals surface area contributed by atoms with E-state index >= 15 is 0 Å². The van der Waals surface area contributed by atoms with Gasteiger partial charge in [-0.3, -0.25) is 14.5 Å². The van der Waals surface area contributed by atoms with Crippen molar-refractivity contribution in [3.63, 3.8) is 0 Å². The number of hydrogen-bond acceptors (Lipinski definition) is 8. The van der Waals surface area contributed by atoms with Crippen LogP contribution in [0, 0.1) is 0 Å². The second-order valence-corrected chi connectivity index (χ2v) is 12.5. The summed E-state index contributed by atoms with van der Waals surface area (Å²) in [5.74, 6) is 0.0798. The molecule has 12 heteroatoms. The third kappa shape index (κ3) is 6.92. The minimum Gasteiger partial charge on any atom is -0.508 e. The van der Waals surface area contributed by atoms with Gasteiger partial charge in [-0.25, -0.2) is 13.1 Å². The smallest absolute Gasteiger partial charge is 0.255 e. The molecule has 3 heterocycles. The van der Waals surface area contributed by atoms with E-state index in [2.05, 4.69) is 15.4 Å². The zero-order chi connectivity index (χ0) is 28.3. The zero-order valence-electron chi connectivity index (χ0n) is 22.4. The number of carbonyl (C=O) groups excluding carboxylic acids is 2. The van der Waals surface area contributed by atoms with Crippen molar-refractivity contribution < 1.29 is 32.6 Å². The third-order valence-corrected chi connectivity index (χ3v) is 8.42. The lowest BCUT2D eigenvalue weighted by Gasteiger charge is -2.37. The van der Waals surface area contributed by atoms with Crippen molar-refractivity contribution in [3.8, 4) is 11.5 Å². The Hall–Kier alpha value is -3.19. The highest BCUT2D eigenvalue weighted by Gasteiger charge is 2.39. The Labute approximate surface area is 234 Å². The number of nitrogens with zero attached hydrogens (tertiary/aromatic N) is 1. The van der Waals surface area contributed by atoms with Crippen LogP contribution in [0.15, 0.2) is 48.5 Å². The van der Waals surface area contributed by atoms with Gasteiger partial charge in [0.25, 0.3) is 5.91 Å². The zero-order valence-corrected chi connectivity index (χ0v) is 23.2. The van der Waals surface area contributed by atoms with E-state index in [1.165, 1.54) is 0 Å². The molecule has 5 atom stereocenters. The molecule has 2 aromatic rings. The monoisotopic (exact) mass is 572 g/mol. The lowest BCUT2D eigenvalue weighted by atomic mass is 9.97. The highest BCUT2D eigenvalue weighted by molar-refractivity contribution is 7.88. The number of hydrogen-bond donors (Lipinski definition) is 4. The van der Waals surface area contributed by atoms with E-state index in [0.29, 0.717) is 62.3 Å². The lowest BCUT2D eigenvalue weighted by molar-refractivity contribution is -0.127. The summed E-state index contributed by atoms with van der Waals surface area (Å²) >= 11 is 0. The van der Waals surface area contributed by atoms with Crippen molar-refractivity contribution in [2.24, 2.45) is 0 Å². The summed E-state index contributed by atoms with van der Waals surface area (Å²) < 4.78 is 39.0. The number of rotatable bonds is 4. The number of phenolic OH excluding ortho intramolecular Hbond substituents is 1. The fraction of sp³-hybridized carbons (Fsp3) is 0.500. The normalized spacial score (nSPS) is 28.2. The van der Waals surface area contributed by atoms with Crippen LogP contribution in [0.25, 0.3) is 0 Å². The molecule has 0 radical (unpaired) electrons. The predicted molar refractivity (Wildman–Crippen MR) is 147 cm³/mol. The van der Waals surface area contributed by atoms with E-state index in [1.54, 1.807) is 36.4 Å². The summed E-state index contributed by atoms with van der Waals surface area (Å²) in [4.78, 5) is 28.8. The van der Waals surface area contributed by atoms with Crippen LogP contribution in [0.5, 0.6) is 11.5 Å². The van der Waals surface area contributed by atoms with E-state index in [9.17, 15) is 23.1 Å². The van der Waals surface area contributed by atoms with E-state index in [-0.39, 0.29) is 36.3 Å². The second kappa shape index (κ2) is 12.1. The van der Waals surface area contributed by atoms with Gasteiger partial charge in [0.1, 0.15) is 11.5 Å². The molecule has 0 aliphatic carbocycles. The highest BCUT2D eigenvalue weighted by atomic mass is 32.2. The molecule has 0 aromatic heterocycles. The number of sulfonamides is 1. The average molecular weight is 573 g/mol. The lowest BCUT2D eigenvalue weighted by Crippen LogP contribution is -2.55. The van der Waals surface area contributed by atoms with Crippen molar-refractivity contribution >= 4 is 21.8 Å². The number of carbonyl (C=O) groups is 2. The van der Waals surface area contributed by atoms with Gasteiger partial charge >= 0.3 is 0 Å². The Morgan fingerprint density at radius 3 is 2.65 bits per heavy atom. The van der Waals surface area contributed by atoms with Crippen LogP contribution in [0.2, 0.25) is 0 Å². The summed E-state index contributed by atoms with van der Waals surface area (Å²) in [6.07, 6.45) is 2.47. The van der Waals surface area contributed by atoms with Crippen LogP contribution in [-0.2, 0) is 26.1 Å². The van der Waals surface area contributed by atoms with Crippen LogP contribution in [0.4, 0.5) is 0 Å². The molecule has 0 unspecified atom stereocenters. The fourth-order valence-electron chi connectivity index (χ4n) is 5.76. The summed E-state index contributed by atoms with van der Waals surface area (Å²) in [6.45, 7) is 1.17. The Kier molecular flexibility index (Phi) is 8.60. The summed E-state index contributed by atoms with van der Waals surface area (Å²) in [6, 6.07) is 12.6. The first kappa shape index (κ1) is 28.3. The van der Waals surface area contributed by atoms with Gasteiger partial charge in [0.15, 0.2) is 0 Å². The molecular weight excluding hydrogens is 536 g/mol. The molecule has 4 N–H and O–H groups in total. The number of benzene rings is 2. The molecule has 3 aliphatic heterocycles. The molecule has 2 aromatic carbocycles. The number of fused-ring (bicyclic) bond motifs is 5. The molecule has 11 nitrogen and oxygen atoms in total. The summed E-state index contributed by atoms with van der Waals surface area (Å²) in [7, 11) is -3.48. The number of likely N-dealkylation sites (tertiary alicyclic amines) is 1. The molecule has 5 rings (SSSR count). The number of nitrogens with one attached hydrogen (secondary N) is 3. The topological polar surface area (TPSA) is 146 Å². The SMILES string of the molecule is CS(=O)(=O)N[C@@H]1CC[C@H]2CCOc3ccccc3C(=O)N[C@H]3C[C@@H](C(=O)NC[C@H]1O2)N(Cc1ccccc1O)C3. The van der Waals surface area contributed by atoms with E-state index in [1.807, 2.05) is 17.0 Å². The number of ether oxygens (including phenoxy) is 2. The molecule has 216 valence electrons. The molecule has 2 fully saturated rings. The van der Waals surface area contributed by atoms with Crippen LogP contribution in [0.1, 0.15) is 41.6 Å². The molecule has 3 aliphatic rings. The van der Waals surface area contributed by atoms with Crippen molar-refractivity contribution in [3.05, 3.63) is 59.7 Å². The minimum absolute atomic E-state index is 0.129. The minimum atomic E-state index is -3.48. The Bertz CT molecular complexity index is 1340. The first-order valence-electron chi connectivity index (χ1n) is 13.6. The molecule has 0 saturated carbocycles. The van der Waals surface area contributed by atoms with E-state index < -0.39 is 28.2 Å². The van der Waals surface area contributed by atoms with Gasteiger partial charge in [-0.1, -0.05) is 30.3 Å². The van der Waals surface area contributed by atoms with Gasteiger partial charge in [0, 0.05) is 43.7 Å². The fourth-order valence-corrected chi connectivity index (χ4v) is 6.58. The third-order valence-electron chi connectivity index (χ3n) is 7.69. The molecular formula is C28H36N4O7S. The van der Waals surface area contributed by atoms with Gasteiger partial charge in [0.05, 0.1) is 36.7 Å². The maximum Gasteiger partial charge on any atom is 0.255 e. The maximum absolute atomic E-state index is 13.5. The molecule has 40 heavy (non-hydrogen) atoms. The van der Waals surface area contributed by atoms with Crippen LogP contribution in [-0.4, -0.2) is 86.5 Å².